The summed E-state index contributed by atoms with van der Waals surface area (Å²) in [5.74, 6) is -2.98. The topological polar surface area (TPSA) is 62.5 Å². The maximum atomic E-state index is 13.6. The lowest BCUT2D eigenvalue weighted by Gasteiger charge is -2.39. The van der Waals surface area contributed by atoms with Crippen molar-refractivity contribution in [1.29, 1.82) is 0 Å². The molecule has 4 aromatic rings. The molecule has 6 nitrogen and oxygen atoms in total. The third kappa shape index (κ3) is 4.04. The molecule has 2 aromatic carbocycles. The maximum Gasteiger partial charge on any atom is 0.434 e. The van der Waals surface area contributed by atoms with Crippen LogP contribution in [-0.2, 0) is 6.18 Å². The highest BCUT2D eigenvalue weighted by atomic mass is 19.4. The zero-order valence-electron chi connectivity index (χ0n) is 18.7. The van der Waals surface area contributed by atoms with E-state index in [1.807, 2.05) is 13.0 Å². The van der Waals surface area contributed by atoms with E-state index in [4.69, 9.17) is 0 Å². The zero-order chi connectivity index (χ0) is 25.1. The van der Waals surface area contributed by atoms with Gasteiger partial charge >= 0.3 is 6.18 Å². The van der Waals surface area contributed by atoms with E-state index in [9.17, 15) is 26.7 Å². The van der Waals surface area contributed by atoms with Gasteiger partial charge in [-0.15, -0.1) is 0 Å². The van der Waals surface area contributed by atoms with Crippen molar-refractivity contribution in [2.24, 2.45) is 0 Å². The highest BCUT2D eigenvalue weighted by Gasteiger charge is 2.46. The molecule has 182 valence electrons. The van der Waals surface area contributed by atoms with Crippen molar-refractivity contribution in [3.63, 3.8) is 0 Å². The lowest BCUT2D eigenvalue weighted by atomic mass is 10.0. The van der Waals surface area contributed by atoms with Crippen LogP contribution in [0, 0.1) is 6.92 Å². The summed E-state index contributed by atoms with van der Waals surface area (Å²) in [6.45, 7) is 2.32. The zero-order valence-corrected chi connectivity index (χ0v) is 18.7. The van der Waals surface area contributed by atoms with Gasteiger partial charge in [-0.1, -0.05) is 18.2 Å². The lowest BCUT2D eigenvalue weighted by molar-refractivity contribution is -0.140. The van der Waals surface area contributed by atoms with E-state index in [-0.39, 0.29) is 11.6 Å². The second-order valence-electron chi connectivity index (χ2n) is 8.76. The number of alkyl halides is 5. The van der Waals surface area contributed by atoms with Crippen LogP contribution in [0.3, 0.4) is 0 Å². The molecule has 0 spiro atoms. The van der Waals surface area contributed by atoms with Crippen LogP contribution in [0.15, 0.2) is 42.6 Å². The number of halogens is 5. The van der Waals surface area contributed by atoms with E-state index < -0.39 is 36.9 Å². The van der Waals surface area contributed by atoms with Crippen molar-refractivity contribution in [2.45, 2.75) is 32.0 Å². The van der Waals surface area contributed by atoms with Crippen LogP contribution in [0.2, 0.25) is 0 Å². The number of aryl methyl sites for hydroxylation is 1. The number of anilines is 2. The minimum atomic E-state index is -4.71. The van der Waals surface area contributed by atoms with Crippen molar-refractivity contribution in [1.82, 2.24) is 14.4 Å². The van der Waals surface area contributed by atoms with Crippen LogP contribution in [0.1, 0.15) is 40.1 Å². The summed E-state index contributed by atoms with van der Waals surface area (Å²) in [6, 6.07) is 9.97. The Bertz CT molecular complexity index is 1450. The number of imidazole rings is 1. The first kappa shape index (κ1) is 23.0. The maximum absolute atomic E-state index is 13.6. The molecule has 1 aliphatic rings. The first-order valence-corrected chi connectivity index (χ1v) is 10.8. The van der Waals surface area contributed by atoms with E-state index in [0.29, 0.717) is 27.7 Å². The fraction of sp³-hybridized carbons (Fsp3) is 0.292. The molecule has 0 amide bonds. The highest BCUT2D eigenvalue weighted by Crippen LogP contribution is 2.38. The van der Waals surface area contributed by atoms with Crippen LogP contribution in [0.5, 0.6) is 0 Å². The quantitative estimate of drug-likeness (QED) is 0.290. The SMILES string of the molecule is Cc1cc(C(C)Nc2ccccc2C=O)c2nc(N3CC(F)(F)C3)n3cc(C(F)(F)F)nc3c2c1. The van der Waals surface area contributed by atoms with Gasteiger partial charge in [-0.3, -0.25) is 9.20 Å². The number of carbonyl (C=O) groups excluding carboxylic acids is 1. The van der Waals surface area contributed by atoms with E-state index in [0.717, 1.165) is 22.4 Å². The molecule has 1 atom stereocenters. The van der Waals surface area contributed by atoms with Gasteiger partial charge in [0.05, 0.1) is 24.6 Å². The first-order valence-electron chi connectivity index (χ1n) is 10.8. The molecular formula is C24H20F5N5O. The summed E-state index contributed by atoms with van der Waals surface area (Å²) in [7, 11) is 0. The Morgan fingerprint density at radius 2 is 1.86 bits per heavy atom. The minimum absolute atomic E-state index is 0.0158. The largest absolute Gasteiger partial charge is 0.434 e. The van der Waals surface area contributed by atoms with Crippen LogP contribution in [-0.4, -0.2) is 39.7 Å². The standard InChI is InChI=1S/C24H20F5N5O/c1-13-7-16(14(2)30-18-6-4-3-5-15(18)10-35)20-17(8-13)21-31-19(24(27,28)29)9-34(21)22(32-20)33-11-23(25,26)12-33/h3-10,14,30H,11-12H2,1-2H3. The number of fused-ring (bicyclic) bond motifs is 3. The predicted octanol–water partition coefficient (Wildman–Crippen LogP) is 5.65. The van der Waals surface area contributed by atoms with Crippen LogP contribution < -0.4 is 10.2 Å². The summed E-state index contributed by atoms with van der Waals surface area (Å²) >= 11 is 0. The van der Waals surface area contributed by atoms with E-state index in [1.165, 1.54) is 4.90 Å². The fourth-order valence-electron chi connectivity index (χ4n) is 4.36. The number of hydrogen-bond acceptors (Lipinski definition) is 5. The summed E-state index contributed by atoms with van der Waals surface area (Å²) in [5, 5.41) is 3.62. The number of aromatic nitrogens is 3. The number of hydrogen-bond donors (Lipinski definition) is 1. The lowest BCUT2D eigenvalue weighted by Crippen LogP contribution is -2.57. The Morgan fingerprint density at radius 3 is 2.51 bits per heavy atom. The van der Waals surface area contributed by atoms with Crippen molar-refractivity contribution in [2.75, 3.05) is 23.3 Å². The summed E-state index contributed by atoms with van der Waals surface area (Å²) in [4.78, 5) is 21.1. The average Bonchev–Trinajstić information content (AvgIpc) is 3.23. The minimum Gasteiger partial charge on any atom is -0.378 e. The Labute approximate surface area is 196 Å². The monoisotopic (exact) mass is 489 g/mol. The van der Waals surface area contributed by atoms with Crippen LogP contribution >= 0.6 is 0 Å². The fourth-order valence-corrected chi connectivity index (χ4v) is 4.36. The van der Waals surface area contributed by atoms with Crippen LogP contribution in [0.25, 0.3) is 16.6 Å². The van der Waals surface area contributed by atoms with Gasteiger partial charge in [0.2, 0.25) is 5.95 Å². The molecule has 1 fully saturated rings. The molecule has 0 bridgehead atoms. The number of benzene rings is 2. The molecule has 2 aromatic heterocycles. The molecular weight excluding hydrogens is 469 g/mol. The summed E-state index contributed by atoms with van der Waals surface area (Å²) in [6.07, 6.45) is -3.21. The second-order valence-corrected chi connectivity index (χ2v) is 8.76. The predicted molar refractivity (Wildman–Crippen MR) is 121 cm³/mol. The van der Waals surface area contributed by atoms with Gasteiger partial charge < -0.3 is 10.2 Å². The molecule has 3 heterocycles. The third-order valence-electron chi connectivity index (χ3n) is 6.00. The molecule has 35 heavy (non-hydrogen) atoms. The van der Waals surface area contributed by atoms with Crippen molar-refractivity contribution < 1.29 is 26.7 Å². The smallest absolute Gasteiger partial charge is 0.378 e. The Balaban J connectivity index is 1.71. The molecule has 1 unspecified atom stereocenters. The molecule has 1 aliphatic heterocycles. The summed E-state index contributed by atoms with van der Waals surface area (Å²) in [5.41, 5.74) is 1.61. The molecule has 0 aliphatic carbocycles. The number of aldehydes is 1. The molecule has 5 rings (SSSR count). The normalized spacial score (nSPS) is 16.4. The van der Waals surface area contributed by atoms with Gasteiger partial charge in [-0.05, 0) is 37.6 Å². The number of carbonyl (C=O) groups is 1. The van der Waals surface area contributed by atoms with Gasteiger partial charge in [0.15, 0.2) is 12.0 Å². The van der Waals surface area contributed by atoms with Crippen molar-refractivity contribution >= 4 is 34.5 Å². The molecule has 11 heteroatoms. The van der Waals surface area contributed by atoms with E-state index >= 15 is 0 Å². The Morgan fingerprint density at radius 1 is 1.14 bits per heavy atom. The van der Waals surface area contributed by atoms with Gasteiger partial charge in [-0.2, -0.15) is 13.2 Å². The Kier molecular flexibility index (Phi) is 5.19. The van der Waals surface area contributed by atoms with Crippen molar-refractivity contribution in [3.05, 3.63) is 65.0 Å². The Hall–Kier alpha value is -3.76. The second kappa shape index (κ2) is 7.89. The van der Waals surface area contributed by atoms with E-state index in [2.05, 4.69) is 15.3 Å². The molecule has 0 radical (unpaired) electrons. The molecule has 1 N–H and O–H groups in total. The average molecular weight is 489 g/mol. The molecule has 0 saturated carbocycles. The number of para-hydroxylation sites is 1. The number of nitrogens with one attached hydrogen (secondary N) is 1. The first-order chi connectivity index (χ1) is 16.5. The number of nitrogens with zero attached hydrogens (tertiary/aromatic N) is 4. The van der Waals surface area contributed by atoms with E-state index in [1.54, 1.807) is 37.3 Å². The number of rotatable bonds is 5. The molecule has 1 saturated heterocycles. The third-order valence-corrected chi connectivity index (χ3v) is 6.00. The van der Waals surface area contributed by atoms with Crippen LogP contribution in [0.4, 0.5) is 33.6 Å². The summed E-state index contributed by atoms with van der Waals surface area (Å²) < 4.78 is 68.9. The van der Waals surface area contributed by atoms with Gasteiger partial charge in [0.25, 0.3) is 5.92 Å². The van der Waals surface area contributed by atoms with Gasteiger partial charge in [0.1, 0.15) is 5.65 Å². The van der Waals surface area contributed by atoms with Crippen molar-refractivity contribution in [3.8, 4) is 0 Å². The van der Waals surface area contributed by atoms with Gasteiger partial charge in [0, 0.05) is 28.4 Å². The highest BCUT2D eigenvalue weighted by molar-refractivity contribution is 5.96. The van der Waals surface area contributed by atoms with Gasteiger partial charge in [-0.25, -0.2) is 18.7 Å².